The van der Waals surface area contributed by atoms with Crippen LogP contribution < -0.4 is 10.6 Å². The van der Waals surface area contributed by atoms with Crippen molar-refractivity contribution >= 4 is 39.3 Å². The third kappa shape index (κ3) is 11.9. The molecule has 0 fully saturated rings. The van der Waals surface area contributed by atoms with Crippen LogP contribution in [0.2, 0.25) is 0 Å². The molecule has 38 heavy (non-hydrogen) atoms. The molecule has 0 saturated heterocycles. The van der Waals surface area contributed by atoms with Crippen molar-refractivity contribution in [2.45, 2.75) is 53.4 Å². The maximum absolute atomic E-state index is 11.6. The van der Waals surface area contributed by atoms with E-state index in [4.69, 9.17) is 27.6 Å². The largest absolute Gasteiger partial charge is 0.466 e. The monoisotopic (exact) mass is 566 g/mol. The van der Waals surface area contributed by atoms with Crippen LogP contribution in [0.1, 0.15) is 53.4 Å². The van der Waals surface area contributed by atoms with E-state index < -0.39 is 16.8 Å². The van der Waals surface area contributed by atoms with Gasteiger partial charge in [0.1, 0.15) is 0 Å². The molecule has 0 unspecified atom stereocenters. The van der Waals surface area contributed by atoms with Crippen molar-refractivity contribution in [1.29, 1.82) is 0 Å². The van der Waals surface area contributed by atoms with Crippen LogP contribution in [0.3, 0.4) is 0 Å². The number of carbonyl (C=O) groups is 2. The second kappa shape index (κ2) is 19.2. The first-order chi connectivity index (χ1) is 18.5. The molecule has 0 atom stereocenters. The normalized spacial score (nSPS) is 11.2. The summed E-state index contributed by atoms with van der Waals surface area (Å²) in [7, 11) is -2.44. The number of carbonyl (C=O) groups excluding carboxylic acids is 2. The van der Waals surface area contributed by atoms with Crippen molar-refractivity contribution in [3.63, 3.8) is 0 Å². The summed E-state index contributed by atoms with van der Waals surface area (Å²) in [6.07, 6.45) is 1.67. The van der Waals surface area contributed by atoms with E-state index in [-0.39, 0.29) is 11.9 Å². The molecule has 210 valence electrons. The van der Waals surface area contributed by atoms with Gasteiger partial charge in [0.05, 0.1) is 39.6 Å². The second-order valence-corrected chi connectivity index (χ2v) is 11.0. The highest BCUT2D eigenvalue weighted by Crippen LogP contribution is 2.39. The molecule has 8 nitrogen and oxygen atoms in total. The SMILES string of the molecule is CCOC(=O)CCCOP(OCCCC(=O)OCC)c1ccc(-c2ccc(P(OCC)OCC)cc2)cc1. The Balaban J connectivity index is 2.03. The first kappa shape index (κ1) is 32.3. The van der Waals surface area contributed by atoms with Gasteiger partial charge in [0.2, 0.25) is 16.8 Å². The first-order valence-corrected chi connectivity index (χ1v) is 15.5. The molecule has 2 aromatic rings. The Hall–Kier alpha value is -1.92. The Morgan fingerprint density at radius 2 is 0.921 bits per heavy atom. The minimum atomic E-state index is -1.37. The van der Waals surface area contributed by atoms with Gasteiger partial charge in [-0.25, -0.2) is 0 Å². The number of hydrogen-bond acceptors (Lipinski definition) is 8. The van der Waals surface area contributed by atoms with Gasteiger partial charge in [0, 0.05) is 23.5 Å². The van der Waals surface area contributed by atoms with Crippen LogP contribution in [0, 0.1) is 0 Å². The molecule has 2 rings (SSSR count). The van der Waals surface area contributed by atoms with E-state index in [9.17, 15) is 9.59 Å². The fourth-order valence-corrected chi connectivity index (χ4v) is 5.94. The fraction of sp³-hybridized carbons (Fsp3) is 0.500. The van der Waals surface area contributed by atoms with E-state index in [1.54, 1.807) is 13.8 Å². The summed E-state index contributed by atoms with van der Waals surface area (Å²) in [6.45, 7) is 10.2. The number of hydrogen-bond donors (Lipinski definition) is 0. The zero-order valence-corrected chi connectivity index (χ0v) is 24.6. The first-order valence-electron chi connectivity index (χ1n) is 13.2. The van der Waals surface area contributed by atoms with Gasteiger partial charge in [-0.1, -0.05) is 24.3 Å². The highest BCUT2D eigenvalue weighted by atomic mass is 31.2. The topological polar surface area (TPSA) is 89.5 Å². The zero-order valence-electron chi connectivity index (χ0n) is 22.9. The predicted molar refractivity (Wildman–Crippen MR) is 152 cm³/mol. The lowest BCUT2D eigenvalue weighted by atomic mass is 10.1. The zero-order chi connectivity index (χ0) is 27.6. The average molecular weight is 567 g/mol. The van der Waals surface area contributed by atoms with Crippen LogP contribution in [0.4, 0.5) is 0 Å². The molecule has 0 N–H and O–H groups in total. The number of esters is 2. The third-order valence-corrected chi connectivity index (χ3v) is 8.32. The van der Waals surface area contributed by atoms with Gasteiger partial charge in [0.15, 0.2) is 0 Å². The molecule has 0 aromatic heterocycles. The van der Waals surface area contributed by atoms with Crippen LogP contribution in [0.5, 0.6) is 0 Å². The van der Waals surface area contributed by atoms with E-state index in [1.165, 1.54) is 0 Å². The van der Waals surface area contributed by atoms with Crippen LogP contribution >= 0.6 is 16.8 Å². The highest BCUT2D eigenvalue weighted by Gasteiger charge is 2.16. The molecule has 0 spiro atoms. The Labute approximate surface area is 229 Å². The number of ether oxygens (including phenoxy) is 2. The fourth-order valence-electron chi connectivity index (χ4n) is 3.35. The Morgan fingerprint density at radius 1 is 0.553 bits per heavy atom. The summed E-state index contributed by atoms with van der Waals surface area (Å²) < 4.78 is 33.5. The van der Waals surface area contributed by atoms with Crippen LogP contribution in [-0.4, -0.2) is 51.6 Å². The summed E-state index contributed by atoms with van der Waals surface area (Å²) in [4.78, 5) is 23.2. The lowest BCUT2D eigenvalue weighted by Crippen LogP contribution is -2.10. The summed E-state index contributed by atoms with van der Waals surface area (Å²) in [5.74, 6) is -0.470. The van der Waals surface area contributed by atoms with Crippen molar-refractivity contribution < 1.29 is 37.2 Å². The molecule has 0 aliphatic rings. The quantitative estimate of drug-likeness (QED) is 0.116. The minimum absolute atomic E-state index is 0.235. The number of rotatable bonds is 19. The van der Waals surface area contributed by atoms with Gasteiger partial charge < -0.3 is 27.6 Å². The van der Waals surface area contributed by atoms with Gasteiger partial charge in [-0.3, -0.25) is 9.59 Å². The molecule has 10 heteroatoms. The van der Waals surface area contributed by atoms with Crippen LogP contribution in [0.25, 0.3) is 11.1 Å². The Bertz CT molecular complexity index is 905. The van der Waals surface area contributed by atoms with E-state index >= 15 is 0 Å². The summed E-state index contributed by atoms with van der Waals surface area (Å²) in [6, 6.07) is 16.3. The van der Waals surface area contributed by atoms with Crippen LogP contribution in [-0.2, 0) is 37.2 Å². The lowest BCUT2D eigenvalue weighted by molar-refractivity contribution is -0.144. The van der Waals surface area contributed by atoms with Crippen molar-refractivity contribution in [3.8, 4) is 11.1 Å². The van der Waals surface area contributed by atoms with Gasteiger partial charge in [-0.05, 0) is 75.9 Å². The molecule has 0 heterocycles. The summed E-state index contributed by atoms with van der Waals surface area (Å²) in [5.41, 5.74) is 2.15. The Morgan fingerprint density at radius 3 is 1.26 bits per heavy atom. The smallest absolute Gasteiger partial charge is 0.305 e. The molecular weight excluding hydrogens is 526 g/mol. The maximum atomic E-state index is 11.6. The minimum Gasteiger partial charge on any atom is -0.466 e. The molecule has 0 saturated carbocycles. The second-order valence-electron chi connectivity index (χ2n) is 7.93. The summed E-state index contributed by atoms with van der Waals surface area (Å²) >= 11 is 0. The van der Waals surface area contributed by atoms with E-state index in [0.29, 0.717) is 65.3 Å². The lowest BCUT2D eigenvalue weighted by Gasteiger charge is -2.18. The third-order valence-electron chi connectivity index (χ3n) is 5.06. The molecule has 0 aliphatic heterocycles. The summed E-state index contributed by atoms with van der Waals surface area (Å²) in [5, 5.41) is 1.96. The molecule has 0 aliphatic carbocycles. The van der Waals surface area contributed by atoms with Crippen molar-refractivity contribution in [2.24, 2.45) is 0 Å². The van der Waals surface area contributed by atoms with Gasteiger partial charge in [0.25, 0.3) is 0 Å². The average Bonchev–Trinajstić information content (AvgIpc) is 2.92. The van der Waals surface area contributed by atoms with Gasteiger partial charge >= 0.3 is 11.9 Å². The molecule has 2 aromatic carbocycles. The van der Waals surface area contributed by atoms with Crippen molar-refractivity contribution in [2.75, 3.05) is 39.6 Å². The predicted octanol–water partition coefficient (Wildman–Crippen LogP) is 6.02. The molecule has 0 bridgehead atoms. The van der Waals surface area contributed by atoms with Gasteiger partial charge in [-0.2, -0.15) is 0 Å². The maximum Gasteiger partial charge on any atom is 0.305 e. The van der Waals surface area contributed by atoms with E-state index in [0.717, 1.165) is 21.7 Å². The molecule has 0 amide bonds. The van der Waals surface area contributed by atoms with Crippen molar-refractivity contribution in [1.82, 2.24) is 0 Å². The van der Waals surface area contributed by atoms with Gasteiger partial charge in [-0.15, -0.1) is 0 Å². The van der Waals surface area contributed by atoms with E-state index in [1.807, 2.05) is 50.2 Å². The van der Waals surface area contributed by atoms with E-state index in [2.05, 4.69) is 12.1 Å². The van der Waals surface area contributed by atoms with Crippen molar-refractivity contribution in [3.05, 3.63) is 48.5 Å². The highest BCUT2D eigenvalue weighted by molar-refractivity contribution is 7.56. The Kier molecular flexibility index (Phi) is 16.3. The molecular formula is C28H40O8P2. The van der Waals surface area contributed by atoms with Crippen LogP contribution in [0.15, 0.2) is 48.5 Å². The standard InChI is InChI=1S/C28H40O8P2/c1-5-31-27(29)11-9-21-35-38(36-22-10-12-28(30)32-6-2)26-19-15-24(16-20-26)23-13-17-25(18-14-23)37(33-7-3)34-8-4/h13-20H,5-12,21-22H2,1-4H3. The number of benzene rings is 2. The molecule has 0 radical (unpaired) electrons.